The minimum Gasteiger partial charge on any atom is -0.497 e. The lowest BCUT2D eigenvalue weighted by molar-refractivity contribution is 0.118. The fourth-order valence-electron chi connectivity index (χ4n) is 1.98. The summed E-state index contributed by atoms with van der Waals surface area (Å²) in [7, 11) is 7.41. The SMILES string of the molecule is COc1ccc(C(C)NCCOCCN(C)C)c(OC)c1. The number of hydrogen-bond acceptors (Lipinski definition) is 5. The van der Waals surface area contributed by atoms with Gasteiger partial charge in [-0.3, -0.25) is 0 Å². The molecule has 5 nitrogen and oxygen atoms in total. The van der Waals surface area contributed by atoms with Gasteiger partial charge in [-0.2, -0.15) is 0 Å². The Kier molecular flexibility index (Phi) is 8.12. The second-order valence-electron chi connectivity index (χ2n) is 5.20. The molecule has 1 aromatic rings. The van der Waals surface area contributed by atoms with Gasteiger partial charge in [-0.05, 0) is 27.1 Å². The lowest BCUT2D eigenvalue weighted by Gasteiger charge is -2.18. The minimum absolute atomic E-state index is 0.198. The summed E-state index contributed by atoms with van der Waals surface area (Å²) in [5.41, 5.74) is 1.12. The van der Waals surface area contributed by atoms with Crippen LogP contribution < -0.4 is 14.8 Å². The topological polar surface area (TPSA) is 43.0 Å². The maximum absolute atomic E-state index is 5.57. The third-order valence-electron chi connectivity index (χ3n) is 3.29. The Morgan fingerprint density at radius 2 is 1.90 bits per heavy atom. The van der Waals surface area contributed by atoms with Crippen LogP contribution in [0.3, 0.4) is 0 Å². The Hall–Kier alpha value is -1.30. The van der Waals surface area contributed by atoms with Gasteiger partial charge < -0.3 is 24.4 Å². The smallest absolute Gasteiger partial charge is 0.127 e. The van der Waals surface area contributed by atoms with E-state index in [-0.39, 0.29) is 6.04 Å². The van der Waals surface area contributed by atoms with Crippen LogP contribution in [-0.2, 0) is 4.74 Å². The highest BCUT2D eigenvalue weighted by Crippen LogP contribution is 2.29. The van der Waals surface area contributed by atoms with Crippen LogP contribution in [0.25, 0.3) is 0 Å². The normalized spacial score (nSPS) is 12.5. The van der Waals surface area contributed by atoms with Crippen LogP contribution in [0.1, 0.15) is 18.5 Å². The van der Waals surface area contributed by atoms with Crippen LogP contribution in [0.2, 0.25) is 0 Å². The van der Waals surface area contributed by atoms with E-state index in [4.69, 9.17) is 14.2 Å². The van der Waals surface area contributed by atoms with Crippen LogP contribution in [0.4, 0.5) is 0 Å². The molecule has 0 radical (unpaired) electrons. The van der Waals surface area contributed by atoms with Crippen molar-refractivity contribution in [2.45, 2.75) is 13.0 Å². The Bertz CT molecular complexity index is 411. The van der Waals surface area contributed by atoms with Gasteiger partial charge in [0.1, 0.15) is 11.5 Å². The summed E-state index contributed by atoms with van der Waals surface area (Å²) in [4.78, 5) is 2.11. The van der Waals surface area contributed by atoms with E-state index in [0.717, 1.165) is 36.8 Å². The average Bonchev–Trinajstić information content (AvgIpc) is 2.49. The standard InChI is InChI=1S/C16H28N2O3/c1-13(17-8-10-21-11-9-18(2)3)15-7-6-14(19-4)12-16(15)20-5/h6-7,12-13,17H,8-11H2,1-5H3. The number of likely N-dealkylation sites (N-methyl/N-ethyl adjacent to an activating group) is 1. The van der Waals surface area contributed by atoms with Crippen molar-refractivity contribution in [2.75, 3.05) is 54.6 Å². The molecule has 0 aromatic heterocycles. The summed E-state index contributed by atoms with van der Waals surface area (Å²) in [6, 6.07) is 6.08. The summed E-state index contributed by atoms with van der Waals surface area (Å²) in [6.07, 6.45) is 0. The van der Waals surface area contributed by atoms with Gasteiger partial charge in [0.25, 0.3) is 0 Å². The highest BCUT2D eigenvalue weighted by molar-refractivity contribution is 5.42. The van der Waals surface area contributed by atoms with Gasteiger partial charge in [0.05, 0.1) is 27.4 Å². The summed E-state index contributed by atoms with van der Waals surface area (Å²) in [5.74, 6) is 1.64. The van der Waals surface area contributed by atoms with Crippen molar-refractivity contribution in [1.29, 1.82) is 0 Å². The van der Waals surface area contributed by atoms with E-state index >= 15 is 0 Å². The Balaban J connectivity index is 2.39. The molecule has 5 heteroatoms. The van der Waals surface area contributed by atoms with E-state index < -0.39 is 0 Å². The van der Waals surface area contributed by atoms with Crippen LogP contribution in [0.5, 0.6) is 11.5 Å². The fourth-order valence-corrected chi connectivity index (χ4v) is 1.98. The first kappa shape index (κ1) is 17.8. The molecule has 1 unspecified atom stereocenters. The zero-order chi connectivity index (χ0) is 15.7. The lowest BCUT2D eigenvalue weighted by atomic mass is 10.1. The molecule has 0 bridgehead atoms. The zero-order valence-electron chi connectivity index (χ0n) is 13.8. The van der Waals surface area contributed by atoms with Gasteiger partial charge in [-0.25, -0.2) is 0 Å². The fraction of sp³-hybridized carbons (Fsp3) is 0.625. The van der Waals surface area contributed by atoms with Crippen LogP contribution in [0, 0.1) is 0 Å². The van der Waals surface area contributed by atoms with Crippen molar-refractivity contribution in [2.24, 2.45) is 0 Å². The molecule has 1 rings (SSSR count). The Morgan fingerprint density at radius 1 is 1.14 bits per heavy atom. The van der Waals surface area contributed by atoms with E-state index in [1.54, 1.807) is 14.2 Å². The van der Waals surface area contributed by atoms with E-state index in [1.807, 2.05) is 32.3 Å². The number of rotatable bonds is 10. The van der Waals surface area contributed by atoms with Gasteiger partial charge >= 0.3 is 0 Å². The number of methoxy groups -OCH3 is 2. The highest BCUT2D eigenvalue weighted by atomic mass is 16.5. The lowest BCUT2D eigenvalue weighted by Crippen LogP contribution is -2.25. The van der Waals surface area contributed by atoms with E-state index in [0.29, 0.717) is 6.61 Å². The van der Waals surface area contributed by atoms with Gasteiger partial charge in [-0.1, -0.05) is 6.07 Å². The maximum Gasteiger partial charge on any atom is 0.127 e. The molecule has 21 heavy (non-hydrogen) atoms. The molecule has 120 valence electrons. The number of benzene rings is 1. The molecule has 0 heterocycles. The van der Waals surface area contributed by atoms with Gasteiger partial charge in [-0.15, -0.1) is 0 Å². The first-order valence-electron chi connectivity index (χ1n) is 7.26. The number of nitrogens with one attached hydrogen (secondary N) is 1. The van der Waals surface area contributed by atoms with Gasteiger partial charge in [0.2, 0.25) is 0 Å². The van der Waals surface area contributed by atoms with Crippen molar-refractivity contribution in [3.8, 4) is 11.5 Å². The molecule has 0 saturated heterocycles. The summed E-state index contributed by atoms with van der Waals surface area (Å²) in [6.45, 7) is 5.33. The van der Waals surface area contributed by atoms with Crippen LogP contribution in [0.15, 0.2) is 18.2 Å². The van der Waals surface area contributed by atoms with Crippen molar-refractivity contribution < 1.29 is 14.2 Å². The molecule has 0 spiro atoms. The predicted molar refractivity (Wildman–Crippen MR) is 85.3 cm³/mol. The molecule has 0 amide bonds. The molecule has 1 aromatic carbocycles. The van der Waals surface area contributed by atoms with Crippen molar-refractivity contribution in [3.63, 3.8) is 0 Å². The summed E-state index contributed by atoms with van der Waals surface area (Å²) >= 11 is 0. The molecule has 0 aliphatic rings. The predicted octanol–water partition coefficient (Wildman–Crippen LogP) is 1.93. The number of nitrogens with zero attached hydrogens (tertiary/aromatic N) is 1. The third-order valence-corrected chi connectivity index (χ3v) is 3.29. The maximum atomic E-state index is 5.57. The highest BCUT2D eigenvalue weighted by Gasteiger charge is 2.11. The molecule has 0 aliphatic heterocycles. The second-order valence-corrected chi connectivity index (χ2v) is 5.20. The Labute approximate surface area is 128 Å². The first-order chi connectivity index (χ1) is 10.1. The summed E-state index contributed by atoms with van der Waals surface area (Å²) < 4.78 is 16.2. The molecular weight excluding hydrogens is 268 g/mol. The van der Waals surface area contributed by atoms with Crippen molar-refractivity contribution >= 4 is 0 Å². The second kappa shape index (κ2) is 9.60. The van der Waals surface area contributed by atoms with Gasteiger partial charge in [0, 0.05) is 30.8 Å². The Morgan fingerprint density at radius 3 is 2.52 bits per heavy atom. The monoisotopic (exact) mass is 296 g/mol. The first-order valence-corrected chi connectivity index (χ1v) is 7.26. The van der Waals surface area contributed by atoms with E-state index in [2.05, 4.69) is 17.1 Å². The quantitative estimate of drug-likeness (QED) is 0.668. The molecule has 0 aliphatic carbocycles. The number of hydrogen-bond donors (Lipinski definition) is 1. The third kappa shape index (κ3) is 6.33. The molecule has 0 saturated carbocycles. The zero-order valence-corrected chi connectivity index (χ0v) is 13.8. The van der Waals surface area contributed by atoms with E-state index in [1.165, 1.54) is 0 Å². The van der Waals surface area contributed by atoms with E-state index in [9.17, 15) is 0 Å². The van der Waals surface area contributed by atoms with Crippen LogP contribution in [-0.4, -0.2) is 59.5 Å². The average molecular weight is 296 g/mol. The molecule has 1 N–H and O–H groups in total. The van der Waals surface area contributed by atoms with Gasteiger partial charge in [0.15, 0.2) is 0 Å². The number of ether oxygens (including phenoxy) is 3. The summed E-state index contributed by atoms with van der Waals surface area (Å²) in [5, 5.41) is 3.44. The minimum atomic E-state index is 0.198. The molecule has 0 fully saturated rings. The largest absolute Gasteiger partial charge is 0.497 e. The molecular formula is C16H28N2O3. The molecule has 1 atom stereocenters. The van der Waals surface area contributed by atoms with Crippen molar-refractivity contribution in [1.82, 2.24) is 10.2 Å². The van der Waals surface area contributed by atoms with Crippen LogP contribution >= 0.6 is 0 Å². The van der Waals surface area contributed by atoms with Crippen molar-refractivity contribution in [3.05, 3.63) is 23.8 Å².